The first kappa shape index (κ1) is 17.5. The zero-order valence-corrected chi connectivity index (χ0v) is 14.6. The fraction of sp³-hybridized carbons (Fsp3) is 0.389. The van der Waals surface area contributed by atoms with Crippen molar-refractivity contribution < 1.29 is 14.6 Å². The Balaban J connectivity index is 1.75. The van der Waals surface area contributed by atoms with Gasteiger partial charge in [-0.3, -0.25) is 4.79 Å². The molecule has 1 amide bonds. The number of aliphatic hydroxyl groups is 1. The Morgan fingerprint density at radius 1 is 1.30 bits per heavy atom. The molecule has 0 bridgehead atoms. The summed E-state index contributed by atoms with van der Waals surface area (Å²) in [4.78, 5) is 12.7. The Morgan fingerprint density at radius 3 is 2.61 bits per heavy atom. The van der Waals surface area contributed by atoms with Crippen molar-refractivity contribution in [3.05, 3.63) is 51.7 Å². The van der Waals surface area contributed by atoms with Gasteiger partial charge in [-0.2, -0.15) is 0 Å². The van der Waals surface area contributed by atoms with E-state index in [-0.39, 0.29) is 18.9 Å². The van der Waals surface area contributed by atoms with Gasteiger partial charge in [-0.25, -0.2) is 0 Å². The van der Waals surface area contributed by atoms with E-state index < -0.39 is 5.60 Å². The fourth-order valence-corrected chi connectivity index (χ4v) is 3.10. The highest BCUT2D eigenvalue weighted by Gasteiger charge is 2.24. The minimum atomic E-state index is -1.04. The van der Waals surface area contributed by atoms with E-state index in [0.29, 0.717) is 6.61 Å². The second kappa shape index (κ2) is 7.62. The molecule has 1 aromatic heterocycles. The number of nitrogens with one attached hydrogen (secondary N) is 1. The molecule has 2 N–H and O–H groups in total. The molecule has 1 heterocycles. The molecule has 0 saturated heterocycles. The normalized spacial score (nSPS) is 13.4. The average Bonchev–Trinajstić information content (AvgIpc) is 2.99. The molecule has 1 unspecified atom stereocenters. The monoisotopic (exact) mass is 333 g/mol. The van der Waals surface area contributed by atoms with Crippen molar-refractivity contribution in [1.82, 2.24) is 5.32 Å². The van der Waals surface area contributed by atoms with Gasteiger partial charge in [0.2, 0.25) is 5.91 Å². The maximum absolute atomic E-state index is 11.9. The summed E-state index contributed by atoms with van der Waals surface area (Å²) >= 11 is 1.47. The van der Waals surface area contributed by atoms with E-state index in [1.54, 1.807) is 6.92 Å². The van der Waals surface area contributed by atoms with E-state index >= 15 is 0 Å². The molecule has 2 aromatic rings. The molecule has 0 aliphatic rings. The van der Waals surface area contributed by atoms with Crippen molar-refractivity contribution in [3.8, 4) is 5.75 Å². The zero-order chi connectivity index (χ0) is 16.9. The molecule has 124 valence electrons. The topological polar surface area (TPSA) is 58.6 Å². The summed E-state index contributed by atoms with van der Waals surface area (Å²) < 4.78 is 5.62. The molecule has 1 aromatic carbocycles. The van der Waals surface area contributed by atoms with Gasteiger partial charge < -0.3 is 15.2 Å². The summed E-state index contributed by atoms with van der Waals surface area (Å²) in [6.45, 7) is 6.23. The minimum Gasteiger partial charge on any atom is -0.493 e. The van der Waals surface area contributed by atoms with Crippen LogP contribution in [0.1, 0.15) is 29.3 Å². The number of thiophene rings is 1. The predicted molar refractivity (Wildman–Crippen MR) is 92.9 cm³/mol. The fourth-order valence-electron chi connectivity index (χ4n) is 2.31. The van der Waals surface area contributed by atoms with Crippen LogP contribution in [0.25, 0.3) is 0 Å². The standard InChI is InChI=1S/C18H23NO3S/c1-13-9-14(2)11-15(10-13)22-7-6-17(20)19-12-18(3,21)16-5-4-8-23-16/h4-5,8-11,21H,6-7,12H2,1-3H3,(H,19,20). The van der Waals surface area contributed by atoms with Crippen LogP contribution in [0.3, 0.4) is 0 Å². The van der Waals surface area contributed by atoms with Crippen molar-refractivity contribution in [3.63, 3.8) is 0 Å². The minimum absolute atomic E-state index is 0.133. The predicted octanol–water partition coefficient (Wildman–Crippen LogP) is 3.16. The van der Waals surface area contributed by atoms with Crippen LogP contribution in [0, 0.1) is 13.8 Å². The summed E-state index contributed by atoms with van der Waals surface area (Å²) in [5, 5.41) is 15.0. The van der Waals surface area contributed by atoms with Crippen LogP contribution in [-0.4, -0.2) is 24.2 Å². The lowest BCUT2D eigenvalue weighted by atomic mass is 10.1. The summed E-state index contributed by atoms with van der Waals surface area (Å²) in [5.41, 5.74) is 1.23. The molecule has 0 aliphatic heterocycles. The van der Waals surface area contributed by atoms with Gasteiger partial charge >= 0.3 is 0 Å². The Bertz CT molecular complexity index is 630. The first-order valence-electron chi connectivity index (χ1n) is 7.61. The SMILES string of the molecule is Cc1cc(C)cc(OCCC(=O)NCC(C)(O)c2cccs2)c1. The van der Waals surface area contributed by atoms with Gasteiger partial charge in [0, 0.05) is 4.88 Å². The molecule has 0 radical (unpaired) electrons. The van der Waals surface area contributed by atoms with Gasteiger partial charge in [0.05, 0.1) is 19.6 Å². The first-order valence-corrected chi connectivity index (χ1v) is 8.49. The van der Waals surface area contributed by atoms with E-state index in [0.717, 1.165) is 21.8 Å². The number of rotatable bonds is 7. The molecule has 0 spiro atoms. The molecular weight excluding hydrogens is 310 g/mol. The maximum Gasteiger partial charge on any atom is 0.223 e. The van der Waals surface area contributed by atoms with E-state index in [1.165, 1.54) is 11.3 Å². The maximum atomic E-state index is 11.9. The highest BCUT2D eigenvalue weighted by Crippen LogP contribution is 2.24. The average molecular weight is 333 g/mol. The molecule has 0 aliphatic carbocycles. The molecule has 5 heteroatoms. The number of amides is 1. The number of carbonyl (C=O) groups excluding carboxylic acids is 1. The lowest BCUT2D eigenvalue weighted by molar-refractivity contribution is -0.122. The molecule has 4 nitrogen and oxygen atoms in total. The van der Waals surface area contributed by atoms with Crippen LogP contribution in [0.15, 0.2) is 35.7 Å². The van der Waals surface area contributed by atoms with Crippen LogP contribution in [-0.2, 0) is 10.4 Å². The molecule has 0 saturated carbocycles. The van der Waals surface area contributed by atoms with Crippen molar-refractivity contribution in [2.75, 3.05) is 13.2 Å². The largest absolute Gasteiger partial charge is 0.493 e. The highest BCUT2D eigenvalue weighted by atomic mass is 32.1. The van der Waals surface area contributed by atoms with Crippen molar-refractivity contribution in [1.29, 1.82) is 0 Å². The van der Waals surface area contributed by atoms with E-state index in [9.17, 15) is 9.90 Å². The van der Waals surface area contributed by atoms with Gasteiger partial charge in [0.25, 0.3) is 0 Å². The quantitative estimate of drug-likeness (QED) is 0.818. The number of hydrogen-bond acceptors (Lipinski definition) is 4. The van der Waals surface area contributed by atoms with Gasteiger partial charge in [0.1, 0.15) is 11.4 Å². The van der Waals surface area contributed by atoms with E-state index in [4.69, 9.17) is 4.74 Å². The smallest absolute Gasteiger partial charge is 0.223 e. The number of aryl methyl sites for hydroxylation is 2. The van der Waals surface area contributed by atoms with E-state index in [1.807, 2.05) is 43.5 Å². The van der Waals surface area contributed by atoms with E-state index in [2.05, 4.69) is 11.4 Å². The Hall–Kier alpha value is -1.85. The Morgan fingerprint density at radius 2 is 2.00 bits per heavy atom. The third kappa shape index (κ3) is 5.37. The molecular formula is C18H23NO3S. The number of benzene rings is 1. The van der Waals surface area contributed by atoms with Crippen LogP contribution < -0.4 is 10.1 Å². The summed E-state index contributed by atoms with van der Waals surface area (Å²) in [7, 11) is 0. The van der Waals surface area contributed by atoms with Crippen LogP contribution in [0.2, 0.25) is 0 Å². The van der Waals surface area contributed by atoms with Gasteiger partial charge in [0.15, 0.2) is 0 Å². The highest BCUT2D eigenvalue weighted by molar-refractivity contribution is 7.10. The first-order chi connectivity index (χ1) is 10.9. The van der Waals surface area contributed by atoms with Crippen molar-refractivity contribution >= 4 is 17.2 Å². The van der Waals surface area contributed by atoms with Crippen molar-refractivity contribution in [2.45, 2.75) is 32.8 Å². The van der Waals surface area contributed by atoms with Gasteiger partial charge in [-0.15, -0.1) is 11.3 Å². The summed E-state index contributed by atoms with van der Waals surface area (Å²) in [6.07, 6.45) is 0.257. The summed E-state index contributed by atoms with van der Waals surface area (Å²) in [6, 6.07) is 9.72. The Labute approximate surface area is 141 Å². The Kier molecular flexibility index (Phi) is 5.80. The van der Waals surface area contributed by atoms with Crippen LogP contribution >= 0.6 is 11.3 Å². The molecule has 0 fully saturated rings. The number of carbonyl (C=O) groups is 1. The van der Waals surface area contributed by atoms with Gasteiger partial charge in [-0.05, 0) is 55.5 Å². The summed E-state index contributed by atoms with van der Waals surface area (Å²) in [5.74, 6) is 0.645. The molecule has 23 heavy (non-hydrogen) atoms. The van der Waals surface area contributed by atoms with Crippen molar-refractivity contribution in [2.24, 2.45) is 0 Å². The van der Waals surface area contributed by atoms with Crippen LogP contribution in [0.4, 0.5) is 0 Å². The third-order valence-electron chi connectivity index (χ3n) is 3.47. The third-order valence-corrected chi connectivity index (χ3v) is 4.60. The molecule has 1 atom stereocenters. The lowest BCUT2D eigenvalue weighted by Gasteiger charge is -2.22. The lowest BCUT2D eigenvalue weighted by Crippen LogP contribution is -2.38. The second-order valence-corrected chi connectivity index (χ2v) is 6.90. The second-order valence-electron chi connectivity index (χ2n) is 5.95. The number of hydrogen-bond donors (Lipinski definition) is 2. The number of ether oxygens (including phenoxy) is 1. The van der Waals surface area contributed by atoms with Crippen LogP contribution in [0.5, 0.6) is 5.75 Å². The van der Waals surface area contributed by atoms with Gasteiger partial charge in [-0.1, -0.05) is 12.1 Å². The zero-order valence-electron chi connectivity index (χ0n) is 13.8. The molecule has 2 rings (SSSR count).